The average molecular weight is 460 g/mol. The van der Waals surface area contributed by atoms with Crippen molar-refractivity contribution >= 4 is 28.8 Å². The van der Waals surface area contributed by atoms with Gasteiger partial charge in [0.25, 0.3) is 5.91 Å². The minimum absolute atomic E-state index is 0.107. The standard InChI is InChI=1S/C23H23ClFN3O2S/c1-27(13-16-6-3-2-4-7-16)10-5-11-28-21(19-14-31-15-26-19)22(23(28)29)30-20-9-8-17(25)12-18(20)24/h2-4,6-9,12,14-15,21-22H,5,10-11,13H2,1H3/t21-,22+/m1/s1. The first-order valence-corrected chi connectivity index (χ1v) is 11.4. The molecule has 1 saturated heterocycles. The van der Waals surface area contributed by atoms with Crippen molar-refractivity contribution in [2.24, 2.45) is 0 Å². The molecule has 2 aromatic carbocycles. The fourth-order valence-electron chi connectivity index (χ4n) is 3.76. The Kier molecular flexibility index (Phi) is 6.85. The molecular weight excluding hydrogens is 437 g/mol. The third-order valence-electron chi connectivity index (χ3n) is 5.29. The van der Waals surface area contributed by atoms with Crippen molar-refractivity contribution in [2.45, 2.75) is 25.1 Å². The number of benzene rings is 2. The number of halogens is 2. The van der Waals surface area contributed by atoms with Gasteiger partial charge in [-0.15, -0.1) is 11.3 Å². The van der Waals surface area contributed by atoms with Gasteiger partial charge in [-0.2, -0.15) is 0 Å². The molecule has 0 unspecified atom stereocenters. The van der Waals surface area contributed by atoms with Gasteiger partial charge in [-0.1, -0.05) is 41.9 Å². The highest BCUT2D eigenvalue weighted by Gasteiger charge is 2.51. The van der Waals surface area contributed by atoms with Crippen molar-refractivity contribution < 1.29 is 13.9 Å². The number of hydrogen-bond donors (Lipinski definition) is 0. The lowest BCUT2D eigenvalue weighted by molar-refractivity contribution is -0.164. The second-order valence-electron chi connectivity index (χ2n) is 7.58. The molecule has 2 atom stereocenters. The zero-order valence-corrected chi connectivity index (χ0v) is 18.7. The molecule has 0 bridgehead atoms. The van der Waals surface area contributed by atoms with E-state index in [0.717, 1.165) is 25.2 Å². The highest BCUT2D eigenvalue weighted by atomic mass is 35.5. The van der Waals surface area contributed by atoms with E-state index in [0.29, 0.717) is 12.3 Å². The lowest BCUT2D eigenvalue weighted by Crippen LogP contribution is -2.61. The zero-order chi connectivity index (χ0) is 21.8. The Balaban J connectivity index is 1.37. The second-order valence-corrected chi connectivity index (χ2v) is 8.71. The van der Waals surface area contributed by atoms with Crippen LogP contribution in [0, 0.1) is 5.82 Å². The van der Waals surface area contributed by atoms with Gasteiger partial charge in [0.2, 0.25) is 6.10 Å². The molecular formula is C23H23ClFN3O2S. The number of rotatable bonds is 9. The second kappa shape index (κ2) is 9.77. The number of likely N-dealkylation sites (tertiary alicyclic amines) is 1. The van der Waals surface area contributed by atoms with Gasteiger partial charge in [0.1, 0.15) is 17.6 Å². The Labute approximate surface area is 190 Å². The first-order valence-electron chi connectivity index (χ1n) is 10.1. The molecule has 1 aliphatic rings. The van der Waals surface area contributed by atoms with Crippen LogP contribution >= 0.6 is 22.9 Å². The molecule has 0 saturated carbocycles. The normalized spacial score (nSPS) is 18.3. The number of carbonyl (C=O) groups is 1. The van der Waals surface area contributed by atoms with Crippen LogP contribution in [0.2, 0.25) is 5.02 Å². The Morgan fingerprint density at radius 1 is 1.26 bits per heavy atom. The van der Waals surface area contributed by atoms with Crippen LogP contribution in [0.1, 0.15) is 23.7 Å². The van der Waals surface area contributed by atoms with E-state index in [1.165, 1.54) is 35.1 Å². The van der Waals surface area contributed by atoms with Gasteiger partial charge in [-0.05, 0) is 43.8 Å². The summed E-state index contributed by atoms with van der Waals surface area (Å²) < 4.78 is 19.2. The summed E-state index contributed by atoms with van der Waals surface area (Å²) in [6.45, 7) is 2.33. The molecule has 1 fully saturated rings. The fourth-order valence-corrected chi connectivity index (χ4v) is 4.55. The lowest BCUT2D eigenvalue weighted by atomic mass is 9.94. The van der Waals surface area contributed by atoms with Crippen LogP contribution in [0.25, 0.3) is 0 Å². The van der Waals surface area contributed by atoms with Crippen molar-refractivity contribution in [1.29, 1.82) is 0 Å². The Hall–Kier alpha value is -2.48. The number of amides is 1. The summed E-state index contributed by atoms with van der Waals surface area (Å²) in [4.78, 5) is 21.3. The van der Waals surface area contributed by atoms with Crippen LogP contribution in [0.15, 0.2) is 59.4 Å². The predicted molar refractivity (Wildman–Crippen MR) is 120 cm³/mol. The molecule has 0 N–H and O–H groups in total. The number of aromatic nitrogens is 1. The molecule has 4 rings (SSSR count). The smallest absolute Gasteiger partial charge is 0.266 e. The molecule has 31 heavy (non-hydrogen) atoms. The summed E-state index contributed by atoms with van der Waals surface area (Å²) in [5.74, 6) is -0.261. The van der Waals surface area contributed by atoms with E-state index < -0.39 is 11.9 Å². The third-order valence-corrected chi connectivity index (χ3v) is 6.19. The molecule has 0 radical (unpaired) electrons. The van der Waals surface area contributed by atoms with E-state index in [9.17, 15) is 9.18 Å². The molecule has 3 aromatic rings. The molecule has 1 aliphatic heterocycles. The van der Waals surface area contributed by atoms with Crippen molar-refractivity contribution in [1.82, 2.24) is 14.8 Å². The van der Waals surface area contributed by atoms with Gasteiger partial charge in [0, 0.05) is 18.5 Å². The maximum absolute atomic E-state index is 13.3. The van der Waals surface area contributed by atoms with Gasteiger partial charge in [0.05, 0.1) is 16.2 Å². The number of carbonyl (C=O) groups excluding carboxylic acids is 1. The van der Waals surface area contributed by atoms with Crippen LogP contribution in [0.3, 0.4) is 0 Å². The highest BCUT2D eigenvalue weighted by Crippen LogP contribution is 2.39. The van der Waals surface area contributed by atoms with Gasteiger partial charge in [-0.25, -0.2) is 9.37 Å². The molecule has 0 aliphatic carbocycles. The van der Waals surface area contributed by atoms with E-state index in [1.807, 2.05) is 23.6 Å². The Morgan fingerprint density at radius 3 is 2.77 bits per heavy atom. The lowest BCUT2D eigenvalue weighted by Gasteiger charge is -2.46. The van der Waals surface area contributed by atoms with E-state index in [-0.39, 0.29) is 17.0 Å². The third kappa shape index (κ3) is 5.06. The monoisotopic (exact) mass is 459 g/mol. The topological polar surface area (TPSA) is 45.7 Å². The largest absolute Gasteiger partial charge is 0.476 e. The highest BCUT2D eigenvalue weighted by molar-refractivity contribution is 7.07. The van der Waals surface area contributed by atoms with Gasteiger partial charge >= 0.3 is 0 Å². The first kappa shape index (κ1) is 21.7. The summed E-state index contributed by atoms with van der Waals surface area (Å²) >= 11 is 7.56. The molecule has 8 heteroatoms. The number of hydrogen-bond acceptors (Lipinski definition) is 5. The quantitative estimate of drug-likeness (QED) is 0.432. The van der Waals surface area contributed by atoms with Gasteiger partial charge in [0.15, 0.2) is 0 Å². The molecule has 5 nitrogen and oxygen atoms in total. The van der Waals surface area contributed by atoms with Crippen molar-refractivity contribution in [3.63, 3.8) is 0 Å². The van der Waals surface area contributed by atoms with E-state index >= 15 is 0 Å². The molecule has 2 heterocycles. The van der Waals surface area contributed by atoms with Crippen LogP contribution in [-0.4, -0.2) is 46.9 Å². The van der Waals surface area contributed by atoms with E-state index in [1.54, 1.807) is 10.4 Å². The molecule has 162 valence electrons. The minimum Gasteiger partial charge on any atom is -0.476 e. The number of nitrogens with zero attached hydrogens (tertiary/aromatic N) is 3. The SMILES string of the molecule is CN(CCCN1C(=O)[C@@H](Oc2ccc(F)cc2Cl)[C@H]1c1cscn1)Cc1ccccc1. The van der Waals surface area contributed by atoms with E-state index in [2.05, 4.69) is 29.1 Å². The summed E-state index contributed by atoms with van der Waals surface area (Å²) in [6, 6.07) is 13.9. The predicted octanol–water partition coefficient (Wildman–Crippen LogP) is 4.79. The zero-order valence-electron chi connectivity index (χ0n) is 17.1. The molecule has 1 amide bonds. The Morgan fingerprint density at radius 2 is 2.06 bits per heavy atom. The summed E-state index contributed by atoms with van der Waals surface area (Å²) in [5, 5.41) is 2.07. The van der Waals surface area contributed by atoms with Gasteiger partial charge < -0.3 is 14.5 Å². The number of ether oxygens (including phenoxy) is 1. The average Bonchev–Trinajstić information content (AvgIpc) is 3.27. The summed E-state index contributed by atoms with van der Waals surface area (Å²) in [7, 11) is 2.07. The summed E-state index contributed by atoms with van der Waals surface area (Å²) in [5.41, 5.74) is 3.80. The van der Waals surface area contributed by atoms with Crippen LogP contribution in [0.4, 0.5) is 4.39 Å². The molecule has 0 spiro atoms. The van der Waals surface area contributed by atoms with Crippen molar-refractivity contribution in [3.05, 3.63) is 81.5 Å². The van der Waals surface area contributed by atoms with Gasteiger partial charge in [-0.3, -0.25) is 4.79 Å². The van der Waals surface area contributed by atoms with Crippen molar-refractivity contribution in [3.8, 4) is 5.75 Å². The summed E-state index contributed by atoms with van der Waals surface area (Å²) in [6.07, 6.45) is 0.117. The fraction of sp³-hybridized carbons (Fsp3) is 0.304. The maximum atomic E-state index is 13.3. The number of β-lactam (4-membered cyclic amide) rings is 1. The van der Waals surface area contributed by atoms with E-state index in [4.69, 9.17) is 16.3 Å². The minimum atomic E-state index is -0.716. The Bertz CT molecular complexity index is 1020. The van der Waals surface area contributed by atoms with Crippen LogP contribution in [0.5, 0.6) is 5.75 Å². The first-order chi connectivity index (χ1) is 15.0. The van der Waals surface area contributed by atoms with Crippen LogP contribution in [-0.2, 0) is 11.3 Å². The maximum Gasteiger partial charge on any atom is 0.266 e. The number of thiazole rings is 1. The molecule has 1 aromatic heterocycles. The van der Waals surface area contributed by atoms with Crippen molar-refractivity contribution in [2.75, 3.05) is 20.1 Å². The van der Waals surface area contributed by atoms with Crippen LogP contribution < -0.4 is 4.74 Å².